The summed E-state index contributed by atoms with van der Waals surface area (Å²) in [4.78, 5) is 31.7. The van der Waals surface area contributed by atoms with Crippen LogP contribution in [0.4, 0.5) is 0 Å². The number of hydroxylamine groups is 2. The number of amides is 1. The molecular formula is C62H94B10ClMgNO6. The molecule has 0 spiro atoms. The number of benzene rings is 2. The fraction of sp³-hybridized carbons (Fsp3) is 0.774. The molecule has 1 aliphatic heterocycles. The van der Waals surface area contributed by atoms with Crippen molar-refractivity contribution in [1.29, 1.82) is 0 Å². The molecule has 0 unspecified atom stereocenters. The molecule has 81 heavy (non-hydrogen) atoms. The molecule has 1 amide bonds. The number of nitrogens with zero attached hydrogens (tertiary/aromatic N) is 1. The first-order valence-electron chi connectivity index (χ1n) is 31.2. The van der Waals surface area contributed by atoms with Crippen LogP contribution in [0.2, 0.25) is 0 Å². The first-order chi connectivity index (χ1) is 37.2. The maximum absolute atomic E-state index is 13.6. The molecule has 1 heterocycles. The van der Waals surface area contributed by atoms with Crippen molar-refractivity contribution in [3.63, 3.8) is 0 Å². The zero-order chi connectivity index (χ0) is 57.8. The third-order valence-corrected chi connectivity index (χ3v) is 23.0. The van der Waals surface area contributed by atoms with Gasteiger partial charge in [-0.25, -0.2) is 5.06 Å². The minimum absolute atomic E-state index is 0. The van der Waals surface area contributed by atoms with E-state index in [1.165, 1.54) is 117 Å². The molecular weight excluding hydrogens is 1020 g/mol. The van der Waals surface area contributed by atoms with Crippen molar-refractivity contribution in [2.24, 2.45) is 81.8 Å². The Morgan fingerprint density at radius 3 is 1.46 bits per heavy atom. The van der Waals surface area contributed by atoms with Gasteiger partial charge >= 0.3 is 23.1 Å². The number of Topliss-reactive ketones (excluding diaryl/α,β-unsaturated/α-hetero) is 1. The van der Waals surface area contributed by atoms with Gasteiger partial charge in [0.05, 0.1) is 18.3 Å². The second-order valence-corrected chi connectivity index (χ2v) is 28.0. The molecule has 1 saturated heterocycles. The number of hydrogen-bond donors (Lipinski definition) is 2. The second-order valence-electron chi connectivity index (χ2n) is 28.0. The molecule has 2 N–H and O–H groups in total. The van der Waals surface area contributed by atoms with E-state index >= 15 is 0 Å². The minimum atomic E-state index is -0.667. The van der Waals surface area contributed by atoms with Crippen LogP contribution in [0, 0.1) is 116 Å². The number of halogens is 1. The molecule has 16 atom stereocenters. The van der Waals surface area contributed by atoms with Gasteiger partial charge in [0.1, 0.15) is 0 Å². The number of hydrogen-bond acceptors (Lipinski definition) is 6. The maximum atomic E-state index is 13.6. The minimum Gasteiger partial charge on any atom is -1.00 e. The van der Waals surface area contributed by atoms with Gasteiger partial charge in [-0.1, -0.05) is 39.8 Å². The Morgan fingerprint density at radius 1 is 0.605 bits per heavy atom. The summed E-state index contributed by atoms with van der Waals surface area (Å²) in [5.74, 6) is 8.71. The second kappa shape index (κ2) is 30.4. The quantitative estimate of drug-likeness (QED) is 0.148. The summed E-state index contributed by atoms with van der Waals surface area (Å²) in [7, 11) is 35.1. The van der Waals surface area contributed by atoms with Crippen LogP contribution < -0.4 is 12.4 Å². The van der Waals surface area contributed by atoms with Gasteiger partial charge in [-0.15, -0.1) is 0 Å². The molecule has 9 aliphatic rings. The molecule has 422 valence electrons. The van der Waals surface area contributed by atoms with Crippen molar-refractivity contribution >= 4 is 107 Å². The fourth-order valence-corrected chi connectivity index (χ4v) is 18.3. The Morgan fingerprint density at radius 2 is 1.06 bits per heavy atom. The first kappa shape index (κ1) is 70.9. The Kier molecular flexibility index (Phi) is 26.6. The van der Waals surface area contributed by atoms with Crippen molar-refractivity contribution in [2.75, 3.05) is 27.4 Å². The number of ether oxygens (including phenoxy) is 1. The van der Waals surface area contributed by atoms with Gasteiger partial charge in [0.2, 0.25) is 5.91 Å². The summed E-state index contributed by atoms with van der Waals surface area (Å²) >= 11 is 0. The van der Waals surface area contributed by atoms with Gasteiger partial charge in [-0.05, 0) is 243 Å². The van der Waals surface area contributed by atoms with E-state index in [0.717, 1.165) is 111 Å². The molecule has 19 heteroatoms. The van der Waals surface area contributed by atoms with E-state index in [1.54, 1.807) is 14.2 Å². The molecule has 8 saturated carbocycles. The van der Waals surface area contributed by atoms with Crippen LogP contribution in [0.1, 0.15) is 189 Å². The molecule has 9 fully saturated rings. The molecule has 11 rings (SSSR count). The smallest absolute Gasteiger partial charge is 1.00 e. The summed E-state index contributed by atoms with van der Waals surface area (Å²) in [6.45, 7) is 19.4. The number of carbonyl (C=O) groups is 2. The van der Waals surface area contributed by atoms with Gasteiger partial charge in [-0.2, -0.15) is 35.4 Å². The number of ketones is 1. The van der Waals surface area contributed by atoms with Crippen molar-refractivity contribution in [2.45, 2.75) is 195 Å². The van der Waals surface area contributed by atoms with E-state index in [0.29, 0.717) is 11.7 Å². The van der Waals surface area contributed by atoms with Crippen LogP contribution >= 0.6 is 0 Å². The van der Waals surface area contributed by atoms with Crippen LogP contribution in [0.25, 0.3) is 0 Å². The van der Waals surface area contributed by atoms with Crippen LogP contribution in [-0.4, -0.2) is 161 Å². The van der Waals surface area contributed by atoms with Crippen LogP contribution in [0.15, 0.2) is 36.4 Å². The predicted octanol–water partition coefficient (Wildman–Crippen LogP) is 6.25. The summed E-state index contributed by atoms with van der Waals surface area (Å²) in [6, 6.07) is 15.3. The number of carbonyl (C=O) groups excluding carboxylic acids is 2. The zero-order valence-corrected chi connectivity index (χ0v) is 54.0. The van der Waals surface area contributed by atoms with E-state index in [9.17, 15) is 19.8 Å². The molecule has 0 bridgehead atoms. The summed E-state index contributed by atoms with van der Waals surface area (Å²) < 4.78 is 4.94. The van der Waals surface area contributed by atoms with Crippen molar-refractivity contribution in [3.05, 3.63) is 70.3 Å². The molecule has 12 radical (unpaired) electrons. The first-order valence-corrected chi connectivity index (χ1v) is 31.2. The van der Waals surface area contributed by atoms with Crippen molar-refractivity contribution < 1.29 is 41.8 Å². The largest absolute Gasteiger partial charge is 2.00 e. The van der Waals surface area contributed by atoms with E-state index in [4.69, 9.17) is 56.0 Å². The summed E-state index contributed by atoms with van der Waals surface area (Å²) in [5, 5.41) is 22.6. The molecule has 8 aliphatic carbocycles. The van der Waals surface area contributed by atoms with E-state index in [-0.39, 0.29) is 64.0 Å². The standard InChI is InChI=1S/C28H40O2.C22H37NO3.C8H9.C4H8O.B10.ClH.Mg/c1-17-5-6-19(15-18(17)2)26(29)25-10-9-24-23-8-7-20-16-27(3,30)13-11-21(20)22(23)12-14-28(24,25)4;1-21(25)11-9-15-14(13-21)5-6-17-16(15)10-12-22(2)18(17)7-8-19(22)20(24)23(3)26-4;1-7-5-3-4-6-8(7)2;1-2-4-5-3-1;1-7(2)10(8(3)4)9(5)6;;/h5-6,15,20-25,30H,7-14,16H2,1-4H3;14-19,25H,5-13H2,1-4H3;3,5-6H,1-2H3;1-4H2;;1H;/q;;-1;;;;+2/p-1/t20-,21-,22+,23+,24-,25+,27+,28-;14-,15-,16+,17+,18-,19+,21+,22-;;;;;/m00...../s1. The monoisotopic (exact) mass is 1120 g/mol. The number of aryl methyl sites for hydroxylation is 4. The fourth-order valence-electron chi connectivity index (χ4n) is 18.3. The van der Waals surface area contributed by atoms with Gasteiger partial charge in [0.15, 0.2) is 5.78 Å². The number of fused-ring (bicyclic) bond motifs is 10. The Balaban J connectivity index is 0.000000212. The molecule has 7 nitrogen and oxygen atoms in total. The van der Waals surface area contributed by atoms with E-state index in [1.807, 2.05) is 26.0 Å². The van der Waals surface area contributed by atoms with Gasteiger partial charge in [0.25, 0.3) is 0 Å². The molecule has 2 aromatic carbocycles. The predicted molar refractivity (Wildman–Crippen MR) is 341 cm³/mol. The van der Waals surface area contributed by atoms with Gasteiger partial charge in [0, 0.05) is 110 Å². The van der Waals surface area contributed by atoms with Crippen LogP contribution in [-0.2, 0) is 14.4 Å². The summed E-state index contributed by atoms with van der Waals surface area (Å²) in [6.07, 6.45) is 21.3. The maximum Gasteiger partial charge on any atom is 2.00 e. The summed E-state index contributed by atoms with van der Waals surface area (Å²) in [5.41, 5.74) is 5.55. The van der Waals surface area contributed by atoms with Gasteiger partial charge < -0.3 is 27.4 Å². The van der Waals surface area contributed by atoms with Gasteiger partial charge in [-0.3, -0.25) is 14.4 Å². The Bertz CT molecular complexity index is 2290. The number of aliphatic hydroxyl groups is 2. The Hall–Kier alpha value is -0.874. The third kappa shape index (κ3) is 16.7. The zero-order valence-electron chi connectivity index (χ0n) is 51.8. The van der Waals surface area contributed by atoms with Crippen molar-refractivity contribution in [3.8, 4) is 0 Å². The molecule has 0 aromatic heterocycles. The van der Waals surface area contributed by atoms with E-state index in [2.05, 4.69) is 71.9 Å². The third-order valence-electron chi connectivity index (χ3n) is 23.0. The average Bonchev–Trinajstić information content (AvgIpc) is 4.12. The normalized spacial score (nSPS) is 36.4. The Labute approximate surface area is 524 Å². The number of rotatable bonds is 7. The van der Waals surface area contributed by atoms with Crippen LogP contribution in [0.5, 0.6) is 0 Å². The van der Waals surface area contributed by atoms with Crippen LogP contribution in [0.3, 0.4) is 0 Å². The topological polar surface area (TPSA) is 96.3 Å². The molecule has 2 aromatic rings. The van der Waals surface area contributed by atoms with Crippen molar-refractivity contribution in [1.82, 2.24) is 5.06 Å². The van der Waals surface area contributed by atoms with E-state index < -0.39 is 36.7 Å². The average molecular weight is 1120 g/mol. The SMILES string of the molecule is C1CCOC1.CON(C)C(=O)[C@H]1CC[C@H]2[C@@H]3CC[C@H]4C[C@](C)(O)CC[C@@H]4[C@H]3CC[C@]12C.Cc1c[c-]ccc1C.Cc1ccc(C(=O)[C@H]2CC[C@H]3[C@@H]4CC[C@H]5C[C@](C)(O)CC[C@@H]5[C@H]4CC[C@]23C)cc1C.[B]B([B])B(B([B])[B])B([B])[B].[Cl-].[Mg+2].